The van der Waals surface area contributed by atoms with Crippen LogP contribution >= 0.6 is 0 Å². The predicted molar refractivity (Wildman–Crippen MR) is 61.0 cm³/mol. The van der Waals surface area contributed by atoms with Crippen molar-refractivity contribution in [2.24, 2.45) is 17.3 Å². The average Bonchev–Trinajstić information content (AvgIpc) is 2.25. The van der Waals surface area contributed by atoms with E-state index in [1.54, 1.807) is 6.92 Å². The van der Waals surface area contributed by atoms with Crippen LogP contribution in [0.1, 0.15) is 47.0 Å². The topological polar surface area (TPSA) is 51.2 Å². The summed E-state index contributed by atoms with van der Waals surface area (Å²) in [5, 5.41) is 0. The summed E-state index contributed by atoms with van der Waals surface area (Å²) >= 11 is 0. The van der Waals surface area contributed by atoms with Crippen LogP contribution in [0.25, 0.3) is 0 Å². The minimum absolute atomic E-state index is 0.0407. The van der Waals surface area contributed by atoms with E-state index in [1.165, 1.54) is 0 Å². The maximum atomic E-state index is 12.3. The molecule has 3 heteroatoms. The Kier molecular flexibility index (Phi) is 3.66. The molecule has 0 heterocycles. The van der Waals surface area contributed by atoms with E-state index in [-0.39, 0.29) is 29.7 Å². The van der Waals surface area contributed by atoms with Crippen LogP contribution < -0.4 is 0 Å². The molecular formula is C13H20O3. The highest BCUT2D eigenvalue weighted by molar-refractivity contribution is 6.24. The highest BCUT2D eigenvalue weighted by atomic mass is 16.2. The Morgan fingerprint density at radius 3 is 2.31 bits per heavy atom. The Morgan fingerprint density at radius 2 is 1.88 bits per heavy atom. The number of ketones is 3. The molecule has 16 heavy (non-hydrogen) atoms. The van der Waals surface area contributed by atoms with E-state index in [0.717, 1.165) is 6.42 Å². The number of carbonyl (C=O) groups excluding carboxylic acids is 3. The van der Waals surface area contributed by atoms with Crippen molar-refractivity contribution in [2.45, 2.75) is 47.0 Å². The van der Waals surface area contributed by atoms with Gasteiger partial charge in [0.15, 0.2) is 17.3 Å². The Hall–Kier alpha value is -0.990. The van der Waals surface area contributed by atoms with Crippen molar-refractivity contribution in [1.29, 1.82) is 0 Å². The lowest BCUT2D eigenvalue weighted by Gasteiger charge is -2.35. The Bertz CT molecular complexity index is 332. The maximum Gasteiger partial charge on any atom is 0.156 e. The monoisotopic (exact) mass is 224 g/mol. The molecule has 90 valence electrons. The number of carbonyl (C=O) groups is 3. The minimum Gasteiger partial charge on any atom is -0.298 e. The van der Waals surface area contributed by atoms with E-state index in [9.17, 15) is 14.4 Å². The first-order valence-electron chi connectivity index (χ1n) is 5.98. The number of hydrogen-bond donors (Lipinski definition) is 0. The van der Waals surface area contributed by atoms with Crippen LogP contribution in [0.2, 0.25) is 0 Å². The van der Waals surface area contributed by atoms with Gasteiger partial charge in [0.1, 0.15) is 0 Å². The summed E-state index contributed by atoms with van der Waals surface area (Å²) < 4.78 is 0. The van der Waals surface area contributed by atoms with Gasteiger partial charge in [-0.2, -0.15) is 0 Å². The normalized spacial score (nSPS) is 33.0. The molecule has 0 bridgehead atoms. The molecule has 1 aliphatic carbocycles. The lowest BCUT2D eigenvalue weighted by atomic mass is 9.63. The second-order valence-corrected chi connectivity index (χ2v) is 4.98. The molecule has 0 spiro atoms. The van der Waals surface area contributed by atoms with E-state index in [0.29, 0.717) is 6.42 Å². The van der Waals surface area contributed by atoms with E-state index in [4.69, 9.17) is 0 Å². The van der Waals surface area contributed by atoms with Crippen molar-refractivity contribution < 1.29 is 14.4 Å². The molecule has 1 saturated carbocycles. The van der Waals surface area contributed by atoms with Crippen LogP contribution in [0.3, 0.4) is 0 Å². The van der Waals surface area contributed by atoms with Gasteiger partial charge < -0.3 is 0 Å². The fourth-order valence-corrected chi connectivity index (χ4v) is 2.27. The molecule has 3 nitrogen and oxygen atoms in total. The summed E-state index contributed by atoms with van der Waals surface area (Å²) in [6.45, 7) is 7.38. The Labute approximate surface area is 96.6 Å². The first-order chi connectivity index (χ1) is 7.38. The van der Waals surface area contributed by atoms with Gasteiger partial charge >= 0.3 is 0 Å². The van der Waals surface area contributed by atoms with Crippen LogP contribution in [-0.4, -0.2) is 17.3 Å². The molecule has 1 fully saturated rings. The number of Topliss-reactive ketones (excluding diaryl/α,β-unsaturated/α-hetero) is 3. The van der Waals surface area contributed by atoms with Crippen molar-refractivity contribution >= 4 is 17.3 Å². The standard InChI is InChI=1S/C13H20O3/c1-5-8(3)11-9(14)7-10(15)13(4,6-2)12(11)16/h8,11H,5-7H2,1-4H3. The fourth-order valence-electron chi connectivity index (χ4n) is 2.27. The second kappa shape index (κ2) is 4.48. The van der Waals surface area contributed by atoms with Crippen LogP contribution in [0.15, 0.2) is 0 Å². The van der Waals surface area contributed by atoms with Gasteiger partial charge in [0, 0.05) is 0 Å². The largest absolute Gasteiger partial charge is 0.298 e. The quantitative estimate of drug-likeness (QED) is 0.690. The van der Waals surface area contributed by atoms with Crippen LogP contribution in [-0.2, 0) is 14.4 Å². The summed E-state index contributed by atoms with van der Waals surface area (Å²) in [6, 6.07) is 0. The van der Waals surface area contributed by atoms with Crippen LogP contribution in [0, 0.1) is 17.3 Å². The van der Waals surface area contributed by atoms with Gasteiger partial charge in [-0.3, -0.25) is 14.4 Å². The van der Waals surface area contributed by atoms with Gasteiger partial charge in [0.25, 0.3) is 0 Å². The van der Waals surface area contributed by atoms with Crippen molar-refractivity contribution in [3.8, 4) is 0 Å². The molecule has 1 aliphatic rings. The molecule has 0 aromatic rings. The van der Waals surface area contributed by atoms with E-state index in [2.05, 4.69) is 0 Å². The maximum absolute atomic E-state index is 12.3. The molecule has 0 saturated heterocycles. The number of hydrogen-bond acceptors (Lipinski definition) is 3. The van der Waals surface area contributed by atoms with Gasteiger partial charge in [-0.15, -0.1) is 0 Å². The average molecular weight is 224 g/mol. The Morgan fingerprint density at radius 1 is 1.31 bits per heavy atom. The zero-order valence-electron chi connectivity index (χ0n) is 10.5. The van der Waals surface area contributed by atoms with E-state index < -0.39 is 11.3 Å². The summed E-state index contributed by atoms with van der Waals surface area (Å²) in [5.74, 6) is -1.07. The summed E-state index contributed by atoms with van der Waals surface area (Å²) in [5.41, 5.74) is -0.929. The van der Waals surface area contributed by atoms with Crippen molar-refractivity contribution in [3.63, 3.8) is 0 Å². The SMILES string of the molecule is CCC(C)C1C(=O)CC(=O)C(C)(CC)C1=O. The first kappa shape index (κ1) is 13.1. The fraction of sp³-hybridized carbons (Fsp3) is 0.769. The summed E-state index contributed by atoms with van der Waals surface area (Å²) in [6.07, 6.45) is 1.21. The van der Waals surface area contributed by atoms with Gasteiger partial charge in [-0.1, -0.05) is 27.2 Å². The lowest BCUT2D eigenvalue weighted by Crippen LogP contribution is -2.50. The first-order valence-corrected chi connectivity index (χ1v) is 5.98. The molecule has 0 amide bonds. The van der Waals surface area contributed by atoms with Gasteiger partial charge in [-0.05, 0) is 19.3 Å². The molecule has 3 atom stereocenters. The van der Waals surface area contributed by atoms with E-state index >= 15 is 0 Å². The lowest BCUT2D eigenvalue weighted by molar-refractivity contribution is -0.153. The van der Waals surface area contributed by atoms with Crippen molar-refractivity contribution in [3.05, 3.63) is 0 Å². The molecule has 0 N–H and O–H groups in total. The highest BCUT2D eigenvalue weighted by Gasteiger charge is 2.50. The van der Waals surface area contributed by atoms with Gasteiger partial charge in [0.2, 0.25) is 0 Å². The summed E-state index contributed by atoms with van der Waals surface area (Å²) in [7, 11) is 0. The van der Waals surface area contributed by atoms with Crippen LogP contribution in [0.5, 0.6) is 0 Å². The molecular weight excluding hydrogens is 204 g/mol. The second-order valence-electron chi connectivity index (χ2n) is 4.98. The molecule has 1 rings (SSSR count). The van der Waals surface area contributed by atoms with Gasteiger partial charge in [0.05, 0.1) is 17.8 Å². The molecule has 0 aromatic heterocycles. The minimum atomic E-state index is -0.929. The van der Waals surface area contributed by atoms with Gasteiger partial charge in [-0.25, -0.2) is 0 Å². The third-order valence-corrected chi connectivity index (χ3v) is 4.04. The van der Waals surface area contributed by atoms with Crippen molar-refractivity contribution in [2.75, 3.05) is 0 Å². The Balaban J connectivity index is 3.09. The molecule has 3 unspecified atom stereocenters. The third-order valence-electron chi connectivity index (χ3n) is 4.04. The van der Waals surface area contributed by atoms with E-state index in [1.807, 2.05) is 20.8 Å². The molecule has 0 aromatic carbocycles. The van der Waals surface area contributed by atoms with Crippen molar-refractivity contribution in [1.82, 2.24) is 0 Å². The smallest absolute Gasteiger partial charge is 0.156 e. The zero-order valence-corrected chi connectivity index (χ0v) is 10.5. The highest BCUT2D eigenvalue weighted by Crippen LogP contribution is 2.37. The third kappa shape index (κ3) is 1.83. The molecule has 0 radical (unpaired) electrons. The summed E-state index contributed by atoms with van der Waals surface area (Å²) in [4.78, 5) is 35.8. The van der Waals surface area contributed by atoms with Crippen LogP contribution in [0.4, 0.5) is 0 Å². The zero-order chi connectivity index (χ0) is 12.5. The predicted octanol–water partition coefficient (Wildman–Crippen LogP) is 2.18. The molecule has 0 aliphatic heterocycles. The number of rotatable bonds is 3.